The fourth-order valence-corrected chi connectivity index (χ4v) is 3.65. The largest absolute Gasteiger partial charge is 0.497 e. The Morgan fingerprint density at radius 2 is 1.75 bits per heavy atom. The fourth-order valence-electron chi connectivity index (χ4n) is 2.23. The third kappa shape index (κ3) is 3.29. The van der Waals surface area contributed by atoms with Crippen LogP contribution in [0.5, 0.6) is 5.75 Å². The molecule has 1 saturated heterocycles. The molecule has 1 heterocycles. The summed E-state index contributed by atoms with van der Waals surface area (Å²) in [6.45, 7) is 2.90. The average Bonchev–Trinajstić information content (AvgIpc) is 2.48. The van der Waals surface area contributed by atoms with Crippen molar-refractivity contribution in [3.05, 3.63) is 24.3 Å². The molecule has 1 N–H and O–H groups in total. The summed E-state index contributed by atoms with van der Waals surface area (Å²) < 4.78 is 31.5. The maximum absolute atomic E-state index is 12.5. The van der Waals surface area contributed by atoms with Crippen molar-refractivity contribution >= 4 is 10.0 Å². The lowest BCUT2D eigenvalue weighted by Gasteiger charge is -2.33. The normalized spacial score (nSPS) is 18.1. The molecule has 1 aliphatic rings. The standard InChI is InChI=1S/C13H20N2O4S/c1-19-12-2-4-13(5-3-12)20(17,18)15-8-6-14(7-9-15)10-11-16/h2-5,16H,6-11H2,1H3. The molecule has 0 saturated carbocycles. The lowest BCUT2D eigenvalue weighted by Crippen LogP contribution is -2.49. The monoisotopic (exact) mass is 300 g/mol. The topological polar surface area (TPSA) is 70.1 Å². The lowest BCUT2D eigenvalue weighted by molar-refractivity contribution is 0.151. The molecule has 20 heavy (non-hydrogen) atoms. The zero-order chi connectivity index (χ0) is 14.6. The third-order valence-electron chi connectivity index (χ3n) is 3.44. The number of hydrogen-bond acceptors (Lipinski definition) is 5. The SMILES string of the molecule is COc1ccc(S(=O)(=O)N2CCN(CCO)CC2)cc1. The maximum Gasteiger partial charge on any atom is 0.243 e. The van der Waals surface area contributed by atoms with Crippen molar-refractivity contribution in [1.29, 1.82) is 0 Å². The molecule has 1 fully saturated rings. The summed E-state index contributed by atoms with van der Waals surface area (Å²) >= 11 is 0. The lowest BCUT2D eigenvalue weighted by atomic mass is 10.3. The van der Waals surface area contributed by atoms with Gasteiger partial charge in [0.25, 0.3) is 0 Å². The summed E-state index contributed by atoms with van der Waals surface area (Å²) in [4.78, 5) is 2.34. The molecule has 0 spiro atoms. The number of aliphatic hydroxyl groups excluding tert-OH is 1. The minimum Gasteiger partial charge on any atom is -0.497 e. The molecule has 1 aromatic rings. The van der Waals surface area contributed by atoms with Crippen LogP contribution in [0.3, 0.4) is 0 Å². The van der Waals surface area contributed by atoms with Gasteiger partial charge in [-0.25, -0.2) is 8.42 Å². The van der Waals surface area contributed by atoms with Crippen molar-refractivity contribution in [2.24, 2.45) is 0 Å². The van der Waals surface area contributed by atoms with Gasteiger partial charge in [0.1, 0.15) is 5.75 Å². The van der Waals surface area contributed by atoms with E-state index >= 15 is 0 Å². The van der Waals surface area contributed by atoms with Crippen LogP contribution >= 0.6 is 0 Å². The first kappa shape index (κ1) is 15.2. The average molecular weight is 300 g/mol. The van der Waals surface area contributed by atoms with E-state index < -0.39 is 10.0 Å². The minimum atomic E-state index is -3.44. The van der Waals surface area contributed by atoms with E-state index in [2.05, 4.69) is 4.90 Å². The molecule has 0 unspecified atom stereocenters. The summed E-state index contributed by atoms with van der Waals surface area (Å²) in [6.07, 6.45) is 0. The van der Waals surface area contributed by atoms with Gasteiger partial charge in [-0.3, -0.25) is 4.90 Å². The summed E-state index contributed by atoms with van der Waals surface area (Å²) in [5.74, 6) is 0.636. The number of aliphatic hydroxyl groups is 1. The Morgan fingerprint density at radius 3 is 2.25 bits per heavy atom. The Bertz CT molecular complexity index is 522. The van der Waals surface area contributed by atoms with Crippen molar-refractivity contribution in [3.63, 3.8) is 0 Å². The second-order valence-corrected chi connectivity index (χ2v) is 6.58. The second kappa shape index (κ2) is 6.53. The van der Waals surface area contributed by atoms with Gasteiger partial charge in [0.2, 0.25) is 10.0 Å². The number of rotatable bonds is 5. The zero-order valence-electron chi connectivity index (χ0n) is 11.5. The van der Waals surface area contributed by atoms with Crippen LogP contribution in [-0.4, -0.2) is 69.2 Å². The number of piperazine rings is 1. The summed E-state index contributed by atoms with van der Waals surface area (Å²) in [7, 11) is -1.89. The van der Waals surface area contributed by atoms with E-state index in [4.69, 9.17) is 9.84 Å². The summed E-state index contributed by atoms with van der Waals surface area (Å²) in [6, 6.07) is 6.42. The van der Waals surface area contributed by atoms with Gasteiger partial charge in [0.05, 0.1) is 18.6 Å². The van der Waals surface area contributed by atoms with Gasteiger partial charge in [-0.2, -0.15) is 4.31 Å². The van der Waals surface area contributed by atoms with E-state index in [1.807, 2.05) is 0 Å². The van der Waals surface area contributed by atoms with Crippen molar-refractivity contribution in [2.45, 2.75) is 4.90 Å². The predicted molar refractivity (Wildman–Crippen MR) is 75.3 cm³/mol. The zero-order valence-corrected chi connectivity index (χ0v) is 12.3. The number of nitrogens with zero attached hydrogens (tertiary/aromatic N) is 2. The summed E-state index contributed by atoms with van der Waals surface area (Å²) in [5.41, 5.74) is 0. The molecule has 7 heteroatoms. The quantitative estimate of drug-likeness (QED) is 0.828. The first-order valence-electron chi connectivity index (χ1n) is 6.55. The van der Waals surface area contributed by atoms with Crippen LogP contribution < -0.4 is 4.74 Å². The second-order valence-electron chi connectivity index (χ2n) is 4.64. The van der Waals surface area contributed by atoms with Crippen LogP contribution in [0.1, 0.15) is 0 Å². The molecule has 0 radical (unpaired) electrons. The third-order valence-corrected chi connectivity index (χ3v) is 5.36. The highest BCUT2D eigenvalue weighted by atomic mass is 32.2. The summed E-state index contributed by atoms with van der Waals surface area (Å²) in [5, 5.41) is 8.89. The van der Waals surface area contributed by atoms with Crippen molar-refractivity contribution in [2.75, 3.05) is 46.4 Å². The van der Waals surface area contributed by atoms with Crippen LogP contribution in [0, 0.1) is 0 Å². The first-order valence-corrected chi connectivity index (χ1v) is 7.99. The van der Waals surface area contributed by atoms with Crippen LogP contribution in [0.25, 0.3) is 0 Å². The minimum absolute atomic E-state index is 0.102. The molecule has 6 nitrogen and oxygen atoms in total. The van der Waals surface area contributed by atoms with Crippen LogP contribution in [-0.2, 0) is 10.0 Å². The molecule has 0 amide bonds. The van der Waals surface area contributed by atoms with Crippen LogP contribution in [0.2, 0.25) is 0 Å². The molecule has 2 rings (SSSR count). The number of methoxy groups -OCH3 is 1. The predicted octanol–water partition coefficient (Wildman–Crippen LogP) is -0.00620. The molecule has 1 aromatic carbocycles. The Hall–Kier alpha value is -1.15. The number of β-amino-alcohol motifs (C(OH)–C–C–N with tert-alkyl or cyclic N) is 1. The van der Waals surface area contributed by atoms with E-state index in [1.54, 1.807) is 31.4 Å². The van der Waals surface area contributed by atoms with E-state index in [9.17, 15) is 8.42 Å². The molecule has 0 atom stereocenters. The van der Waals surface area contributed by atoms with Crippen molar-refractivity contribution in [1.82, 2.24) is 9.21 Å². The van der Waals surface area contributed by atoms with Gasteiger partial charge < -0.3 is 9.84 Å². The van der Waals surface area contributed by atoms with Crippen molar-refractivity contribution < 1.29 is 18.3 Å². The number of ether oxygens (including phenoxy) is 1. The highest BCUT2D eigenvalue weighted by Gasteiger charge is 2.28. The fraction of sp³-hybridized carbons (Fsp3) is 0.538. The Balaban J connectivity index is 2.07. The molecular formula is C13H20N2O4S. The highest BCUT2D eigenvalue weighted by Crippen LogP contribution is 2.20. The first-order chi connectivity index (χ1) is 9.57. The Kier molecular flexibility index (Phi) is 4.98. The van der Waals surface area contributed by atoms with E-state index in [0.29, 0.717) is 38.5 Å². The molecule has 0 bridgehead atoms. The number of sulfonamides is 1. The van der Waals surface area contributed by atoms with Gasteiger partial charge in [0, 0.05) is 32.7 Å². The van der Waals surface area contributed by atoms with E-state index in [-0.39, 0.29) is 11.5 Å². The van der Waals surface area contributed by atoms with Crippen LogP contribution in [0.4, 0.5) is 0 Å². The molecule has 0 aliphatic carbocycles. The van der Waals surface area contributed by atoms with E-state index in [0.717, 1.165) is 0 Å². The smallest absolute Gasteiger partial charge is 0.243 e. The van der Waals surface area contributed by atoms with Gasteiger partial charge in [-0.1, -0.05) is 0 Å². The van der Waals surface area contributed by atoms with Gasteiger partial charge in [-0.05, 0) is 24.3 Å². The Labute approximate surface area is 119 Å². The van der Waals surface area contributed by atoms with E-state index in [1.165, 1.54) is 4.31 Å². The number of hydrogen-bond donors (Lipinski definition) is 1. The number of benzene rings is 1. The van der Waals surface area contributed by atoms with Crippen LogP contribution in [0.15, 0.2) is 29.2 Å². The highest BCUT2D eigenvalue weighted by molar-refractivity contribution is 7.89. The van der Waals surface area contributed by atoms with Gasteiger partial charge >= 0.3 is 0 Å². The molecule has 0 aromatic heterocycles. The Morgan fingerprint density at radius 1 is 1.15 bits per heavy atom. The molecule has 112 valence electrons. The molecular weight excluding hydrogens is 280 g/mol. The van der Waals surface area contributed by atoms with Gasteiger partial charge in [0.15, 0.2) is 0 Å². The molecule has 1 aliphatic heterocycles. The van der Waals surface area contributed by atoms with Gasteiger partial charge in [-0.15, -0.1) is 0 Å². The maximum atomic E-state index is 12.5. The van der Waals surface area contributed by atoms with Crippen molar-refractivity contribution in [3.8, 4) is 5.75 Å².